The second-order valence-electron chi connectivity index (χ2n) is 8.91. The molecule has 1 aromatic heterocycles. The third-order valence-electron chi connectivity index (χ3n) is 6.30. The van der Waals surface area contributed by atoms with Crippen LogP contribution in [-0.2, 0) is 11.3 Å². The predicted octanol–water partition coefficient (Wildman–Crippen LogP) is 3.51. The van der Waals surface area contributed by atoms with Crippen molar-refractivity contribution in [2.75, 3.05) is 19.6 Å². The Morgan fingerprint density at radius 2 is 1.85 bits per heavy atom. The third kappa shape index (κ3) is 5.55. The molecule has 0 N–H and O–H groups in total. The Morgan fingerprint density at radius 1 is 1.06 bits per heavy atom. The molecule has 0 spiro atoms. The number of fused-ring (bicyclic) bond motifs is 1. The van der Waals surface area contributed by atoms with Gasteiger partial charge in [-0.1, -0.05) is 12.1 Å². The van der Waals surface area contributed by atoms with Crippen molar-refractivity contribution < 1.29 is 27.4 Å². The second-order valence-corrected chi connectivity index (χ2v) is 8.91. The number of ether oxygens (including phenoxy) is 2. The Labute approximate surface area is 189 Å². The topological polar surface area (TPSA) is 67.8 Å². The molecule has 33 heavy (non-hydrogen) atoms. The molecule has 2 saturated heterocycles. The molecule has 1 saturated carbocycles. The number of amides is 1. The number of alkyl halides is 3. The van der Waals surface area contributed by atoms with E-state index < -0.39 is 6.36 Å². The van der Waals surface area contributed by atoms with E-state index in [0.717, 1.165) is 24.1 Å². The summed E-state index contributed by atoms with van der Waals surface area (Å²) in [6.07, 6.45) is 2.02. The quantitative estimate of drug-likeness (QED) is 0.655. The zero-order valence-electron chi connectivity index (χ0n) is 18.0. The SMILES string of the molecule is O=C1CCN(Cc2ccc(OC(F)(F)F)cc2)C[C@H]2C[C@H](Oc3cnc(C4CC4)cn3)CN12. The summed E-state index contributed by atoms with van der Waals surface area (Å²) >= 11 is 0. The monoisotopic (exact) mass is 462 g/mol. The first kappa shape index (κ1) is 21.9. The average Bonchev–Trinajstić information content (AvgIpc) is 3.56. The van der Waals surface area contributed by atoms with Crippen LogP contribution in [0.2, 0.25) is 0 Å². The molecule has 0 bridgehead atoms. The van der Waals surface area contributed by atoms with Crippen molar-refractivity contribution >= 4 is 5.91 Å². The van der Waals surface area contributed by atoms with Gasteiger partial charge in [0.15, 0.2) is 0 Å². The zero-order valence-corrected chi connectivity index (χ0v) is 18.0. The van der Waals surface area contributed by atoms with E-state index in [1.807, 2.05) is 4.90 Å². The number of benzene rings is 1. The van der Waals surface area contributed by atoms with E-state index in [-0.39, 0.29) is 23.8 Å². The van der Waals surface area contributed by atoms with Gasteiger partial charge >= 0.3 is 6.36 Å². The van der Waals surface area contributed by atoms with Crippen LogP contribution < -0.4 is 9.47 Å². The molecule has 1 amide bonds. The molecule has 176 valence electrons. The molecule has 2 aliphatic heterocycles. The number of carbonyl (C=O) groups is 1. The van der Waals surface area contributed by atoms with Crippen LogP contribution in [0.4, 0.5) is 13.2 Å². The number of carbonyl (C=O) groups excluding carboxylic acids is 1. The first-order valence-corrected chi connectivity index (χ1v) is 11.2. The lowest BCUT2D eigenvalue weighted by atomic mass is 10.1. The Hall–Kier alpha value is -2.88. The Morgan fingerprint density at radius 3 is 2.52 bits per heavy atom. The summed E-state index contributed by atoms with van der Waals surface area (Å²) in [5.41, 5.74) is 1.87. The van der Waals surface area contributed by atoms with E-state index in [0.29, 0.717) is 50.8 Å². The van der Waals surface area contributed by atoms with Crippen molar-refractivity contribution in [1.82, 2.24) is 19.8 Å². The van der Waals surface area contributed by atoms with Gasteiger partial charge in [-0.25, -0.2) is 4.98 Å². The van der Waals surface area contributed by atoms with Crippen LogP contribution >= 0.6 is 0 Å². The minimum atomic E-state index is -4.71. The molecule has 3 heterocycles. The van der Waals surface area contributed by atoms with E-state index in [1.54, 1.807) is 24.5 Å². The van der Waals surface area contributed by atoms with Crippen molar-refractivity contribution in [3.63, 3.8) is 0 Å². The van der Waals surface area contributed by atoms with Crippen molar-refractivity contribution in [2.24, 2.45) is 0 Å². The van der Waals surface area contributed by atoms with E-state index in [1.165, 1.54) is 12.1 Å². The van der Waals surface area contributed by atoms with Crippen LogP contribution in [-0.4, -0.2) is 63.8 Å². The smallest absolute Gasteiger partial charge is 0.471 e. The van der Waals surface area contributed by atoms with Gasteiger partial charge in [-0.2, -0.15) is 0 Å². The molecule has 1 aromatic carbocycles. The summed E-state index contributed by atoms with van der Waals surface area (Å²) in [4.78, 5) is 25.6. The van der Waals surface area contributed by atoms with Gasteiger partial charge in [0.2, 0.25) is 11.8 Å². The average molecular weight is 462 g/mol. The highest BCUT2D eigenvalue weighted by atomic mass is 19.4. The minimum Gasteiger partial charge on any atom is -0.471 e. The fourth-order valence-corrected chi connectivity index (χ4v) is 4.57. The predicted molar refractivity (Wildman–Crippen MR) is 112 cm³/mol. The molecule has 0 unspecified atom stereocenters. The van der Waals surface area contributed by atoms with Gasteiger partial charge in [-0.3, -0.25) is 14.7 Å². The number of nitrogens with zero attached hydrogens (tertiary/aromatic N) is 4. The van der Waals surface area contributed by atoms with Gasteiger partial charge in [0.1, 0.15) is 11.9 Å². The van der Waals surface area contributed by atoms with E-state index in [4.69, 9.17) is 4.74 Å². The molecule has 2 atom stereocenters. The van der Waals surface area contributed by atoms with Crippen molar-refractivity contribution in [2.45, 2.75) is 56.7 Å². The number of aromatic nitrogens is 2. The number of hydrogen-bond donors (Lipinski definition) is 0. The first-order chi connectivity index (χ1) is 15.8. The van der Waals surface area contributed by atoms with Gasteiger partial charge in [0.05, 0.1) is 24.6 Å². The fraction of sp³-hybridized carbons (Fsp3) is 0.522. The van der Waals surface area contributed by atoms with Crippen molar-refractivity contribution in [3.8, 4) is 11.6 Å². The molecule has 5 rings (SSSR count). The van der Waals surface area contributed by atoms with E-state index in [9.17, 15) is 18.0 Å². The zero-order chi connectivity index (χ0) is 23.0. The van der Waals surface area contributed by atoms with Gasteiger partial charge in [-0.05, 0) is 30.5 Å². The van der Waals surface area contributed by atoms with Crippen LogP contribution in [0.15, 0.2) is 36.7 Å². The van der Waals surface area contributed by atoms with Crippen LogP contribution in [0.3, 0.4) is 0 Å². The number of rotatable bonds is 6. The van der Waals surface area contributed by atoms with Crippen LogP contribution in [0.25, 0.3) is 0 Å². The molecule has 2 aromatic rings. The minimum absolute atomic E-state index is 0.0246. The Bertz CT molecular complexity index is 980. The second kappa shape index (κ2) is 8.81. The van der Waals surface area contributed by atoms with Crippen LogP contribution in [0, 0.1) is 0 Å². The highest BCUT2D eigenvalue weighted by Crippen LogP contribution is 2.38. The van der Waals surface area contributed by atoms with Gasteiger partial charge in [0, 0.05) is 44.4 Å². The summed E-state index contributed by atoms with van der Waals surface area (Å²) in [6, 6.07) is 5.89. The maximum Gasteiger partial charge on any atom is 0.573 e. The first-order valence-electron chi connectivity index (χ1n) is 11.2. The molecule has 10 heteroatoms. The number of hydrogen-bond acceptors (Lipinski definition) is 6. The van der Waals surface area contributed by atoms with Crippen molar-refractivity contribution in [1.29, 1.82) is 0 Å². The maximum absolute atomic E-state index is 12.7. The Balaban J connectivity index is 1.18. The van der Waals surface area contributed by atoms with Crippen molar-refractivity contribution in [3.05, 3.63) is 47.9 Å². The summed E-state index contributed by atoms with van der Waals surface area (Å²) in [7, 11) is 0. The van der Waals surface area contributed by atoms with E-state index in [2.05, 4.69) is 19.6 Å². The highest BCUT2D eigenvalue weighted by molar-refractivity contribution is 5.77. The molecule has 1 aliphatic carbocycles. The standard InChI is InChI=1S/C23H25F3N4O3/c24-23(25,26)33-18-5-1-15(2-6-18)12-29-8-7-22(31)30-14-19(9-17(30)13-29)32-21-11-27-20(10-28-21)16-3-4-16/h1-2,5-6,10-11,16-17,19H,3-4,7-9,12-14H2/t17-,19+/m1/s1. The third-order valence-corrected chi connectivity index (χ3v) is 6.30. The Kier molecular flexibility index (Phi) is 5.86. The molecular weight excluding hydrogens is 437 g/mol. The fourth-order valence-electron chi connectivity index (χ4n) is 4.57. The van der Waals surface area contributed by atoms with Crippen LogP contribution in [0.5, 0.6) is 11.6 Å². The molecule has 3 aliphatic rings. The largest absolute Gasteiger partial charge is 0.573 e. The van der Waals surface area contributed by atoms with Crippen LogP contribution in [0.1, 0.15) is 42.9 Å². The maximum atomic E-state index is 12.7. The molecule has 0 radical (unpaired) electrons. The summed E-state index contributed by atoms with van der Waals surface area (Å²) in [5, 5.41) is 0. The molecule has 3 fully saturated rings. The summed E-state index contributed by atoms with van der Waals surface area (Å²) < 4.78 is 47.0. The normalized spacial score (nSPS) is 23.8. The summed E-state index contributed by atoms with van der Waals surface area (Å²) in [6.45, 7) is 2.35. The lowest BCUT2D eigenvalue weighted by Crippen LogP contribution is -2.38. The lowest BCUT2D eigenvalue weighted by Gasteiger charge is -2.25. The van der Waals surface area contributed by atoms with Gasteiger partial charge in [0.25, 0.3) is 0 Å². The van der Waals surface area contributed by atoms with E-state index >= 15 is 0 Å². The lowest BCUT2D eigenvalue weighted by molar-refractivity contribution is -0.274. The summed E-state index contributed by atoms with van der Waals surface area (Å²) in [5.74, 6) is 0.866. The molecule has 7 nitrogen and oxygen atoms in total. The highest BCUT2D eigenvalue weighted by Gasteiger charge is 2.39. The van der Waals surface area contributed by atoms with Gasteiger partial charge < -0.3 is 14.4 Å². The molecular formula is C23H25F3N4O3. The number of halogens is 3. The van der Waals surface area contributed by atoms with Gasteiger partial charge in [-0.15, -0.1) is 13.2 Å².